The van der Waals surface area contributed by atoms with Crippen LogP contribution in [0.4, 0.5) is 0 Å². The maximum Gasteiger partial charge on any atom is 0.224 e. The predicted molar refractivity (Wildman–Crippen MR) is 103 cm³/mol. The van der Waals surface area contributed by atoms with Crippen LogP contribution >= 0.6 is 23.6 Å². The fourth-order valence-corrected chi connectivity index (χ4v) is 3.56. The second-order valence-corrected chi connectivity index (χ2v) is 7.17. The van der Waals surface area contributed by atoms with Crippen LogP contribution in [0.5, 0.6) is 0 Å². The molecule has 2 heterocycles. The lowest BCUT2D eigenvalue weighted by atomic mass is 10.1. The summed E-state index contributed by atoms with van der Waals surface area (Å²) in [6.07, 6.45) is 0.382. The number of amides is 1. The lowest BCUT2D eigenvalue weighted by Gasteiger charge is -2.17. The van der Waals surface area contributed by atoms with E-state index in [0.717, 1.165) is 22.5 Å². The topological polar surface area (TPSA) is 53.9 Å². The number of aromatic amines is 1. The highest BCUT2D eigenvalue weighted by Crippen LogP contribution is 2.19. The number of benzene rings is 1. The van der Waals surface area contributed by atoms with Crippen molar-refractivity contribution in [3.8, 4) is 11.4 Å². The Hall–Kier alpha value is -2.25. The van der Waals surface area contributed by atoms with Crippen molar-refractivity contribution in [1.82, 2.24) is 19.7 Å². The van der Waals surface area contributed by atoms with Crippen LogP contribution in [0.3, 0.4) is 0 Å². The van der Waals surface area contributed by atoms with Crippen LogP contribution in [0.2, 0.25) is 0 Å². The molecule has 0 saturated heterocycles. The van der Waals surface area contributed by atoms with Crippen LogP contribution in [-0.2, 0) is 17.9 Å². The second-order valence-electron chi connectivity index (χ2n) is 6.00. The SMILES string of the molecule is Cc1cccc(-c2n[nH]c(=S)n2CCC(=O)N(C)Cc2ccsc2)c1. The molecule has 0 spiro atoms. The molecule has 0 aliphatic rings. The van der Waals surface area contributed by atoms with Gasteiger partial charge >= 0.3 is 0 Å². The first-order valence-corrected chi connectivity index (χ1v) is 9.37. The summed E-state index contributed by atoms with van der Waals surface area (Å²) in [6, 6.07) is 10.1. The van der Waals surface area contributed by atoms with Crippen molar-refractivity contribution in [2.75, 3.05) is 7.05 Å². The van der Waals surface area contributed by atoms with Gasteiger partial charge in [-0.1, -0.05) is 23.8 Å². The monoisotopic (exact) mass is 372 g/mol. The zero-order valence-corrected chi connectivity index (χ0v) is 15.9. The molecule has 0 aliphatic heterocycles. The van der Waals surface area contributed by atoms with Crippen LogP contribution < -0.4 is 0 Å². The molecule has 1 N–H and O–H groups in total. The first-order chi connectivity index (χ1) is 12.0. The number of aromatic nitrogens is 3. The van der Waals surface area contributed by atoms with Gasteiger partial charge in [0.25, 0.3) is 0 Å². The molecular formula is C18H20N4OS2. The Morgan fingerprint density at radius 3 is 2.96 bits per heavy atom. The van der Waals surface area contributed by atoms with Crippen molar-refractivity contribution in [1.29, 1.82) is 0 Å². The van der Waals surface area contributed by atoms with Crippen molar-refractivity contribution >= 4 is 29.5 Å². The summed E-state index contributed by atoms with van der Waals surface area (Å²) in [4.78, 5) is 14.2. The van der Waals surface area contributed by atoms with E-state index in [4.69, 9.17) is 12.2 Å². The van der Waals surface area contributed by atoms with Gasteiger partial charge in [0.1, 0.15) is 0 Å². The number of hydrogen-bond acceptors (Lipinski definition) is 4. The Kier molecular flexibility index (Phi) is 5.45. The Balaban J connectivity index is 1.70. The van der Waals surface area contributed by atoms with E-state index >= 15 is 0 Å². The Morgan fingerprint density at radius 1 is 1.40 bits per heavy atom. The zero-order chi connectivity index (χ0) is 17.8. The number of carbonyl (C=O) groups excluding carboxylic acids is 1. The van der Waals surface area contributed by atoms with Crippen LogP contribution in [0, 0.1) is 11.7 Å². The third-order valence-electron chi connectivity index (χ3n) is 4.01. The van der Waals surface area contributed by atoms with Gasteiger partial charge in [-0.15, -0.1) is 0 Å². The Bertz CT molecular complexity index is 911. The van der Waals surface area contributed by atoms with E-state index in [1.807, 2.05) is 48.2 Å². The van der Waals surface area contributed by atoms with Crippen LogP contribution in [0.25, 0.3) is 11.4 Å². The van der Waals surface area contributed by atoms with Crippen molar-refractivity contribution in [3.05, 3.63) is 57.0 Å². The normalized spacial score (nSPS) is 10.8. The molecule has 25 heavy (non-hydrogen) atoms. The summed E-state index contributed by atoms with van der Waals surface area (Å²) >= 11 is 6.98. The molecule has 2 aromatic heterocycles. The van der Waals surface area contributed by atoms with Gasteiger partial charge in [-0.05, 0) is 47.6 Å². The summed E-state index contributed by atoms with van der Waals surface area (Å²) in [5, 5.41) is 11.3. The molecule has 0 unspecified atom stereocenters. The standard InChI is InChI=1S/C18H20N4OS2/c1-13-4-3-5-15(10-13)17-19-20-18(24)22(17)8-6-16(23)21(2)11-14-7-9-25-12-14/h3-5,7,9-10,12H,6,8,11H2,1-2H3,(H,20,24). The van der Waals surface area contributed by atoms with Gasteiger partial charge in [0.05, 0.1) is 0 Å². The average molecular weight is 373 g/mol. The van der Waals surface area contributed by atoms with E-state index in [1.54, 1.807) is 16.2 Å². The average Bonchev–Trinajstić information content (AvgIpc) is 3.22. The lowest BCUT2D eigenvalue weighted by molar-refractivity contribution is -0.130. The first-order valence-electron chi connectivity index (χ1n) is 8.02. The van der Waals surface area contributed by atoms with Gasteiger partial charge in [-0.25, -0.2) is 0 Å². The maximum atomic E-state index is 12.4. The van der Waals surface area contributed by atoms with E-state index in [-0.39, 0.29) is 5.91 Å². The van der Waals surface area contributed by atoms with Gasteiger partial charge in [0, 0.05) is 32.1 Å². The number of rotatable bonds is 6. The van der Waals surface area contributed by atoms with Crippen LogP contribution in [-0.4, -0.2) is 32.6 Å². The van der Waals surface area contributed by atoms with Gasteiger partial charge < -0.3 is 4.90 Å². The summed E-state index contributed by atoms with van der Waals surface area (Å²) in [6.45, 7) is 3.17. The summed E-state index contributed by atoms with van der Waals surface area (Å²) < 4.78 is 2.42. The van der Waals surface area contributed by atoms with Crippen molar-refractivity contribution in [2.45, 2.75) is 26.4 Å². The predicted octanol–water partition coefficient (Wildman–Crippen LogP) is 4.03. The minimum atomic E-state index is 0.0875. The van der Waals surface area contributed by atoms with Crippen LogP contribution in [0.15, 0.2) is 41.1 Å². The molecule has 0 saturated carbocycles. The molecule has 5 nitrogen and oxygen atoms in total. The highest BCUT2D eigenvalue weighted by molar-refractivity contribution is 7.71. The fourth-order valence-electron chi connectivity index (χ4n) is 2.67. The van der Waals surface area contributed by atoms with Crippen molar-refractivity contribution < 1.29 is 4.79 Å². The zero-order valence-electron chi connectivity index (χ0n) is 14.2. The molecule has 1 amide bonds. The molecule has 0 fully saturated rings. The highest BCUT2D eigenvalue weighted by Gasteiger charge is 2.13. The van der Waals surface area contributed by atoms with Gasteiger partial charge in [-0.2, -0.15) is 16.4 Å². The molecule has 0 bridgehead atoms. The molecular weight excluding hydrogens is 352 g/mol. The molecule has 3 aromatic rings. The summed E-state index contributed by atoms with van der Waals surface area (Å²) in [5.41, 5.74) is 3.30. The van der Waals surface area contributed by atoms with E-state index in [0.29, 0.717) is 24.3 Å². The number of aryl methyl sites for hydroxylation is 1. The molecule has 0 atom stereocenters. The molecule has 130 valence electrons. The first kappa shape index (κ1) is 17.6. The van der Waals surface area contributed by atoms with Crippen LogP contribution in [0.1, 0.15) is 17.5 Å². The Morgan fingerprint density at radius 2 is 2.24 bits per heavy atom. The quantitative estimate of drug-likeness (QED) is 0.665. The summed E-state index contributed by atoms with van der Waals surface area (Å²) in [5.74, 6) is 0.853. The number of H-pyrrole nitrogens is 1. The third kappa shape index (κ3) is 4.24. The fraction of sp³-hybridized carbons (Fsp3) is 0.278. The van der Waals surface area contributed by atoms with E-state index < -0.39 is 0 Å². The van der Waals surface area contributed by atoms with Crippen molar-refractivity contribution in [2.24, 2.45) is 0 Å². The number of thiophene rings is 1. The minimum absolute atomic E-state index is 0.0875. The minimum Gasteiger partial charge on any atom is -0.341 e. The van der Waals surface area contributed by atoms with Gasteiger partial charge in [0.15, 0.2) is 10.6 Å². The number of hydrogen-bond donors (Lipinski definition) is 1. The van der Waals surface area contributed by atoms with E-state index in [1.165, 1.54) is 0 Å². The molecule has 3 rings (SSSR count). The van der Waals surface area contributed by atoms with Gasteiger partial charge in [-0.3, -0.25) is 14.5 Å². The third-order valence-corrected chi connectivity index (χ3v) is 5.05. The number of carbonyl (C=O) groups is 1. The largest absolute Gasteiger partial charge is 0.341 e. The second kappa shape index (κ2) is 7.76. The Labute approximate surface area is 155 Å². The van der Waals surface area contributed by atoms with Gasteiger partial charge in [0.2, 0.25) is 5.91 Å². The van der Waals surface area contributed by atoms with E-state index in [9.17, 15) is 4.79 Å². The highest BCUT2D eigenvalue weighted by atomic mass is 32.1. The molecule has 0 aliphatic carbocycles. The maximum absolute atomic E-state index is 12.4. The number of nitrogens with one attached hydrogen (secondary N) is 1. The molecule has 0 radical (unpaired) electrons. The molecule has 7 heteroatoms. The molecule has 1 aromatic carbocycles. The smallest absolute Gasteiger partial charge is 0.224 e. The van der Waals surface area contributed by atoms with E-state index in [2.05, 4.69) is 21.6 Å². The number of nitrogens with zero attached hydrogens (tertiary/aromatic N) is 3. The summed E-state index contributed by atoms with van der Waals surface area (Å²) in [7, 11) is 1.83. The lowest BCUT2D eigenvalue weighted by Crippen LogP contribution is -2.27. The van der Waals surface area contributed by atoms with Crippen molar-refractivity contribution in [3.63, 3.8) is 0 Å².